The first kappa shape index (κ1) is 24.4. The van der Waals surface area contributed by atoms with E-state index in [4.69, 9.17) is 27.9 Å². The van der Waals surface area contributed by atoms with Gasteiger partial charge in [-0.25, -0.2) is 0 Å². The van der Waals surface area contributed by atoms with Crippen molar-refractivity contribution in [2.24, 2.45) is 0 Å². The minimum absolute atomic E-state index is 0.0302. The highest BCUT2D eigenvalue weighted by molar-refractivity contribution is 6.42. The maximum Gasteiger partial charge on any atom is 0.297 e. The lowest BCUT2D eigenvalue weighted by molar-refractivity contribution is -0.150. The number of carbonyl (C=O) groups is 5. The molecular formula is C24H19Cl2N3O6. The SMILES string of the molecule is O=C(Cc1ccc(Cl)c(Cl)c1)NCc1cccc(OC2=CC(=O)N(C3CCC(=O)NC3=O)C2=O)c1. The molecule has 1 atom stereocenters. The number of nitrogens with one attached hydrogen (secondary N) is 2. The molecule has 2 N–H and O–H groups in total. The zero-order valence-corrected chi connectivity index (χ0v) is 19.7. The van der Waals surface area contributed by atoms with E-state index in [0.29, 0.717) is 21.2 Å². The summed E-state index contributed by atoms with van der Waals surface area (Å²) in [5.74, 6) is -2.78. The third-order valence-corrected chi connectivity index (χ3v) is 6.15. The standard InChI is InChI=1S/C24H19Cl2N3O6/c25-16-5-4-13(9-17(16)26)10-21(31)27-12-14-2-1-3-15(8-14)35-19-11-22(32)29(24(19)34)18-6-7-20(30)28-23(18)33/h1-5,8-9,11,18H,6-7,10,12H2,(H,27,31)(H,28,30,33). The van der Waals surface area contributed by atoms with Gasteiger partial charge in [0.2, 0.25) is 17.7 Å². The van der Waals surface area contributed by atoms with E-state index < -0.39 is 29.7 Å². The number of rotatable bonds is 7. The van der Waals surface area contributed by atoms with Gasteiger partial charge in [0.05, 0.1) is 22.5 Å². The van der Waals surface area contributed by atoms with Crippen molar-refractivity contribution in [3.8, 4) is 5.75 Å². The second-order valence-electron chi connectivity index (χ2n) is 7.94. The van der Waals surface area contributed by atoms with Crippen molar-refractivity contribution in [3.63, 3.8) is 0 Å². The Kier molecular flexibility index (Phi) is 7.18. The first-order valence-electron chi connectivity index (χ1n) is 10.6. The van der Waals surface area contributed by atoms with E-state index >= 15 is 0 Å². The van der Waals surface area contributed by atoms with Crippen LogP contribution in [0.3, 0.4) is 0 Å². The molecule has 2 aliphatic rings. The Bertz CT molecular complexity index is 1280. The van der Waals surface area contributed by atoms with E-state index in [-0.39, 0.29) is 43.2 Å². The van der Waals surface area contributed by atoms with Crippen molar-refractivity contribution in [1.82, 2.24) is 15.5 Å². The summed E-state index contributed by atoms with van der Waals surface area (Å²) >= 11 is 11.9. The van der Waals surface area contributed by atoms with Gasteiger partial charge in [0.15, 0.2) is 5.76 Å². The molecule has 11 heteroatoms. The number of hydrogen-bond donors (Lipinski definition) is 2. The lowest BCUT2D eigenvalue weighted by atomic mass is 10.0. The van der Waals surface area contributed by atoms with Gasteiger partial charge in [0, 0.05) is 13.0 Å². The Labute approximate surface area is 210 Å². The molecule has 4 rings (SSSR count). The van der Waals surface area contributed by atoms with E-state index in [9.17, 15) is 24.0 Å². The van der Waals surface area contributed by atoms with Gasteiger partial charge in [0.25, 0.3) is 11.8 Å². The summed E-state index contributed by atoms with van der Waals surface area (Å²) in [6.07, 6.45) is 1.22. The number of ether oxygens (including phenoxy) is 1. The largest absolute Gasteiger partial charge is 0.451 e. The number of amides is 5. The first-order valence-corrected chi connectivity index (χ1v) is 11.4. The molecular weight excluding hydrogens is 497 g/mol. The predicted octanol–water partition coefficient (Wildman–Crippen LogP) is 2.29. The summed E-state index contributed by atoms with van der Waals surface area (Å²) in [5, 5.41) is 5.69. The van der Waals surface area contributed by atoms with E-state index in [1.54, 1.807) is 42.5 Å². The summed E-state index contributed by atoms with van der Waals surface area (Å²) in [6, 6.07) is 10.5. The van der Waals surface area contributed by atoms with Crippen LogP contribution < -0.4 is 15.4 Å². The van der Waals surface area contributed by atoms with Gasteiger partial charge in [-0.05, 0) is 41.8 Å². The molecule has 5 amide bonds. The fourth-order valence-electron chi connectivity index (χ4n) is 3.70. The maximum atomic E-state index is 12.7. The van der Waals surface area contributed by atoms with Gasteiger partial charge in [-0.15, -0.1) is 0 Å². The van der Waals surface area contributed by atoms with Crippen LogP contribution in [0.1, 0.15) is 24.0 Å². The molecule has 0 aromatic heterocycles. The fourth-order valence-corrected chi connectivity index (χ4v) is 4.02. The summed E-state index contributed by atoms with van der Waals surface area (Å²) in [4.78, 5) is 61.6. The monoisotopic (exact) mass is 515 g/mol. The van der Waals surface area contributed by atoms with Gasteiger partial charge in [-0.1, -0.05) is 41.4 Å². The van der Waals surface area contributed by atoms with Crippen molar-refractivity contribution < 1.29 is 28.7 Å². The van der Waals surface area contributed by atoms with Gasteiger partial charge in [-0.2, -0.15) is 0 Å². The topological polar surface area (TPSA) is 122 Å². The van der Waals surface area contributed by atoms with Gasteiger partial charge in [-0.3, -0.25) is 34.2 Å². The van der Waals surface area contributed by atoms with E-state index in [1.165, 1.54) is 0 Å². The van der Waals surface area contributed by atoms with E-state index in [0.717, 1.165) is 11.0 Å². The van der Waals surface area contributed by atoms with Crippen LogP contribution in [0, 0.1) is 0 Å². The zero-order valence-electron chi connectivity index (χ0n) is 18.2. The third-order valence-electron chi connectivity index (χ3n) is 5.41. The Morgan fingerprint density at radius 3 is 2.60 bits per heavy atom. The number of benzene rings is 2. The Hall–Kier alpha value is -3.69. The second-order valence-corrected chi connectivity index (χ2v) is 8.75. The first-order chi connectivity index (χ1) is 16.7. The molecule has 0 radical (unpaired) electrons. The van der Waals surface area contributed by atoms with Crippen LogP contribution >= 0.6 is 23.2 Å². The maximum absolute atomic E-state index is 12.7. The molecule has 2 aliphatic heterocycles. The highest BCUT2D eigenvalue weighted by Crippen LogP contribution is 2.25. The Morgan fingerprint density at radius 2 is 1.86 bits per heavy atom. The van der Waals surface area contributed by atoms with Crippen LogP contribution in [-0.2, 0) is 36.9 Å². The second kappa shape index (κ2) is 10.3. The predicted molar refractivity (Wildman–Crippen MR) is 125 cm³/mol. The molecule has 1 fully saturated rings. The number of hydrogen-bond acceptors (Lipinski definition) is 6. The van der Waals surface area contributed by atoms with Crippen molar-refractivity contribution in [2.45, 2.75) is 31.8 Å². The molecule has 9 nitrogen and oxygen atoms in total. The van der Waals surface area contributed by atoms with E-state index in [2.05, 4.69) is 10.6 Å². The molecule has 2 aromatic rings. The van der Waals surface area contributed by atoms with Crippen LogP contribution in [0.25, 0.3) is 0 Å². The molecule has 1 unspecified atom stereocenters. The van der Waals surface area contributed by atoms with Crippen LogP contribution in [0.2, 0.25) is 10.0 Å². The van der Waals surface area contributed by atoms with Crippen LogP contribution in [0.5, 0.6) is 5.75 Å². The molecule has 0 saturated carbocycles. The minimum atomic E-state index is -1.07. The zero-order chi connectivity index (χ0) is 25.1. The van der Waals surface area contributed by atoms with Crippen LogP contribution in [-0.4, -0.2) is 40.5 Å². The number of piperidine rings is 1. The smallest absolute Gasteiger partial charge is 0.297 e. The van der Waals surface area contributed by atoms with Crippen molar-refractivity contribution >= 4 is 52.7 Å². The van der Waals surface area contributed by atoms with Crippen LogP contribution in [0.15, 0.2) is 54.3 Å². The molecule has 1 saturated heterocycles. The fraction of sp³-hybridized carbons (Fsp3) is 0.208. The van der Waals surface area contributed by atoms with Gasteiger partial charge >= 0.3 is 0 Å². The summed E-state index contributed by atoms with van der Waals surface area (Å²) < 4.78 is 5.61. The number of imide groups is 2. The Morgan fingerprint density at radius 1 is 1.06 bits per heavy atom. The molecule has 180 valence electrons. The average molecular weight is 516 g/mol. The Balaban J connectivity index is 1.35. The molecule has 0 spiro atoms. The number of halogens is 2. The van der Waals surface area contributed by atoms with Crippen molar-refractivity contribution in [1.29, 1.82) is 0 Å². The molecule has 2 aromatic carbocycles. The normalized spacial score (nSPS) is 17.8. The summed E-state index contributed by atoms with van der Waals surface area (Å²) in [7, 11) is 0. The van der Waals surface area contributed by atoms with Crippen molar-refractivity contribution in [2.75, 3.05) is 0 Å². The van der Waals surface area contributed by atoms with Crippen molar-refractivity contribution in [3.05, 3.63) is 75.5 Å². The number of carbonyl (C=O) groups excluding carboxylic acids is 5. The molecule has 0 aliphatic carbocycles. The number of nitrogens with zero attached hydrogens (tertiary/aromatic N) is 1. The lowest BCUT2D eigenvalue weighted by Gasteiger charge is -2.27. The summed E-state index contributed by atoms with van der Waals surface area (Å²) in [5.41, 5.74) is 1.41. The van der Waals surface area contributed by atoms with Crippen LogP contribution in [0.4, 0.5) is 0 Å². The quantitative estimate of drug-likeness (QED) is 0.545. The lowest BCUT2D eigenvalue weighted by Crippen LogP contribution is -2.54. The van der Waals surface area contributed by atoms with Gasteiger partial charge < -0.3 is 10.1 Å². The van der Waals surface area contributed by atoms with Gasteiger partial charge in [0.1, 0.15) is 11.8 Å². The highest BCUT2D eigenvalue weighted by atomic mass is 35.5. The molecule has 2 heterocycles. The average Bonchev–Trinajstić information content (AvgIpc) is 3.08. The summed E-state index contributed by atoms with van der Waals surface area (Å²) in [6.45, 7) is 0.200. The van der Waals surface area contributed by atoms with E-state index in [1.807, 2.05) is 0 Å². The minimum Gasteiger partial charge on any atom is -0.451 e. The molecule has 35 heavy (non-hydrogen) atoms. The molecule has 0 bridgehead atoms. The third kappa shape index (κ3) is 5.70. The highest BCUT2D eigenvalue weighted by Gasteiger charge is 2.43.